The van der Waals surface area contributed by atoms with E-state index >= 15 is 0 Å². The van der Waals surface area contributed by atoms with Crippen molar-refractivity contribution in [3.63, 3.8) is 0 Å². The first-order valence-electron chi connectivity index (χ1n) is 6.61. The van der Waals surface area contributed by atoms with Gasteiger partial charge in [0.1, 0.15) is 6.04 Å². The van der Waals surface area contributed by atoms with E-state index in [-0.39, 0.29) is 29.6 Å². The molecule has 1 heterocycles. The average molecular weight is 277 g/mol. The molecule has 0 bridgehead atoms. The molecule has 1 saturated heterocycles. The SMILES string of the molecule is CCCC(NC1CCCS(=O)(=O)C1)C(=O)OCC. The number of hydrogen-bond acceptors (Lipinski definition) is 5. The highest BCUT2D eigenvalue weighted by molar-refractivity contribution is 7.91. The molecule has 0 amide bonds. The van der Waals surface area contributed by atoms with Crippen LogP contribution in [0.15, 0.2) is 0 Å². The molecule has 0 aromatic rings. The van der Waals surface area contributed by atoms with Gasteiger partial charge in [0.15, 0.2) is 9.84 Å². The molecular weight excluding hydrogens is 254 g/mol. The summed E-state index contributed by atoms with van der Waals surface area (Å²) in [6.07, 6.45) is 3.01. The van der Waals surface area contributed by atoms with Crippen molar-refractivity contribution in [2.75, 3.05) is 18.1 Å². The van der Waals surface area contributed by atoms with Crippen molar-refractivity contribution in [3.8, 4) is 0 Å². The van der Waals surface area contributed by atoms with E-state index < -0.39 is 9.84 Å². The summed E-state index contributed by atoms with van der Waals surface area (Å²) in [7, 11) is -2.95. The van der Waals surface area contributed by atoms with E-state index in [0.29, 0.717) is 19.4 Å². The Kier molecular flexibility index (Phi) is 6.08. The van der Waals surface area contributed by atoms with Gasteiger partial charge in [-0.1, -0.05) is 13.3 Å². The zero-order valence-corrected chi connectivity index (χ0v) is 12.0. The maximum atomic E-state index is 11.7. The number of ether oxygens (including phenoxy) is 1. The van der Waals surface area contributed by atoms with E-state index in [0.717, 1.165) is 12.8 Å². The van der Waals surface area contributed by atoms with Crippen LogP contribution in [0.5, 0.6) is 0 Å². The third kappa shape index (κ3) is 4.94. The molecule has 1 aliphatic rings. The standard InChI is InChI=1S/C12H23NO4S/c1-3-6-11(12(14)17-4-2)13-10-7-5-8-18(15,16)9-10/h10-11,13H,3-9H2,1-2H3. The number of carbonyl (C=O) groups is 1. The van der Waals surface area contributed by atoms with Crippen molar-refractivity contribution in [1.29, 1.82) is 0 Å². The zero-order chi connectivity index (χ0) is 13.6. The molecular formula is C12H23NO4S. The van der Waals surface area contributed by atoms with Gasteiger partial charge in [0.2, 0.25) is 0 Å². The van der Waals surface area contributed by atoms with Crippen LogP contribution in [0.25, 0.3) is 0 Å². The topological polar surface area (TPSA) is 72.5 Å². The van der Waals surface area contributed by atoms with E-state index in [4.69, 9.17) is 4.74 Å². The van der Waals surface area contributed by atoms with Gasteiger partial charge in [0.05, 0.1) is 18.1 Å². The number of esters is 1. The first-order chi connectivity index (χ1) is 8.48. The molecule has 1 rings (SSSR count). The van der Waals surface area contributed by atoms with E-state index in [2.05, 4.69) is 5.32 Å². The Labute approximate surface area is 109 Å². The summed E-state index contributed by atoms with van der Waals surface area (Å²) in [6, 6.07) is -0.502. The van der Waals surface area contributed by atoms with Gasteiger partial charge in [-0.2, -0.15) is 0 Å². The minimum absolute atomic E-state index is 0.121. The van der Waals surface area contributed by atoms with Crippen LogP contribution in [-0.2, 0) is 19.4 Å². The number of sulfone groups is 1. The summed E-state index contributed by atoms with van der Waals surface area (Å²) in [4.78, 5) is 11.7. The van der Waals surface area contributed by atoms with Crippen LogP contribution in [0.3, 0.4) is 0 Å². The van der Waals surface area contributed by atoms with Gasteiger partial charge in [-0.05, 0) is 26.2 Å². The summed E-state index contributed by atoms with van der Waals surface area (Å²) < 4.78 is 28.1. The van der Waals surface area contributed by atoms with Crippen LogP contribution in [0.4, 0.5) is 0 Å². The fourth-order valence-electron chi connectivity index (χ4n) is 2.24. The highest BCUT2D eigenvalue weighted by atomic mass is 32.2. The van der Waals surface area contributed by atoms with Gasteiger partial charge in [-0.25, -0.2) is 8.42 Å². The molecule has 6 heteroatoms. The Morgan fingerprint density at radius 2 is 2.17 bits per heavy atom. The minimum atomic E-state index is -2.95. The van der Waals surface area contributed by atoms with Crippen LogP contribution in [0.2, 0.25) is 0 Å². The van der Waals surface area contributed by atoms with Crippen molar-refractivity contribution in [1.82, 2.24) is 5.32 Å². The van der Waals surface area contributed by atoms with Gasteiger partial charge in [0.25, 0.3) is 0 Å². The van der Waals surface area contributed by atoms with Gasteiger partial charge in [0, 0.05) is 6.04 Å². The molecule has 5 nitrogen and oxygen atoms in total. The summed E-state index contributed by atoms with van der Waals surface area (Å²) in [5.41, 5.74) is 0. The maximum Gasteiger partial charge on any atom is 0.323 e. The zero-order valence-electron chi connectivity index (χ0n) is 11.1. The molecule has 0 aromatic carbocycles. The van der Waals surface area contributed by atoms with Crippen molar-refractivity contribution in [2.45, 2.75) is 51.6 Å². The molecule has 1 aliphatic heterocycles. The van der Waals surface area contributed by atoms with Crippen molar-refractivity contribution < 1.29 is 17.9 Å². The molecule has 18 heavy (non-hydrogen) atoms. The Balaban J connectivity index is 2.57. The van der Waals surface area contributed by atoms with Crippen LogP contribution in [0.1, 0.15) is 39.5 Å². The lowest BCUT2D eigenvalue weighted by Gasteiger charge is -2.27. The lowest BCUT2D eigenvalue weighted by molar-refractivity contribution is -0.146. The molecule has 1 N–H and O–H groups in total. The summed E-state index contributed by atoms with van der Waals surface area (Å²) in [6.45, 7) is 4.11. The molecule has 0 aromatic heterocycles. The lowest BCUT2D eigenvalue weighted by atomic mass is 10.1. The predicted molar refractivity (Wildman–Crippen MR) is 70.1 cm³/mol. The van der Waals surface area contributed by atoms with Gasteiger partial charge >= 0.3 is 5.97 Å². The fourth-order valence-corrected chi connectivity index (χ4v) is 3.89. The highest BCUT2D eigenvalue weighted by Crippen LogP contribution is 2.14. The molecule has 1 fully saturated rings. The summed E-state index contributed by atoms with van der Waals surface area (Å²) in [5.74, 6) is 0.123. The third-order valence-electron chi connectivity index (χ3n) is 3.05. The quantitative estimate of drug-likeness (QED) is 0.730. The number of rotatable bonds is 6. The van der Waals surface area contributed by atoms with Crippen molar-refractivity contribution >= 4 is 15.8 Å². The van der Waals surface area contributed by atoms with E-state index in [9.17, 15) is 13.2 Å². The highest BCUT2D eigenvalue weighted by Gasteiger charge is 2.28. The molecule has 0 aliphatic carbocycles. The van der Waals surface area contributed by atoms with E-state index in [1.165, 1.54) is 0 Å². The van der Waals surface area contributed by atoms with E-state index in [1.807, 2.05) is 6.92 Å². The second-order valence-corrected chi connectivity index (χ2v) is 6.94. The lowest BCUT2D eigenvalue weighted by Crippen LogP contribution is -2.48. The molecule has 0 saturated carbocycles. The average Bonchev–Trinajstić information content (AvgIpc) is 2.27. The number of nitrogens with one attached hydrogen (secondary N) is 1. The molecule has 2 unspecified atom stereocenters. The fraction of sp³-hybridized carbons (Fsp3) is 0.917. The Morgan fingerprint density at radius 3 is 2.72 bits per heavy atom. The molecule has 106 valence electrons. The molecule has 0 radical (unpaired) electrons. The number of hydrogen-bond donors (Lipinski definition) is 1. The van der Waals surface area contributed by atoms with Gasteiger partial charge in [-0.15, -0.1) is 0 Å². The van der Waals surface area contributed by atoms with Crippen LogP contribution in [-0.4, -0.2) is 44.6 Å². The smallest absolute Gasteiger partial charge is 0.323 e. The first kappa shape index (κ1) is 15.4. The third-order valence-corrected chi connectivity index (χ3v) is 4.87. The number of carbonyl (C=O) groups excluding carboxylic acids is 1. The minimum Gasteiger partial charge on any atom is -0.465 e. The van der Waals surface area contributed by atoms with Crippen molar-refractivity contribution in [3.05, 3.63) is 0 Å². The Bertz CT molecular complexity index is 366. The Morgan fingerprint density at radius 1 is 1.44 bits per heavy atom. The van der Waals surface area contributed by atoms with Gasteiger partial charge < -0.3 is 10.1 Å². The monoisotopic (exact) mass is 277 g/mol. The first-order valence-corrected chi connectivity index (χ1v) is 8.43. The normalized spacial score (nSPS) is 24.4. The molecule has 2 atom stereocenters. The second kappa shape index (κ2) is 7.09. The van der Waals surface area contributed by atoms with Crippen molar-refractivity contribution in [2.24, 2.45) is 0 Å². The maximum absolute atomic E-state index is 11.7. The molecule has 0 spiro atoms. The summed E-state index contributed by atoms with van der Waals surface area (Å²) in [5, 5.41) is 3.14. The largest absolute Gasteiger partial charge is 0.465 e. The van der Waals surface area contributed by atoms with Crippen LogP contribution >= 0.6 is 0 Å². The predicted octanol–water partition coefficient (Wildman–Crippen LogP) is 0.885. The van der Waals surface area contributed by atoms with Crippen LogP contribution < -0.4 is 5.32 Å². The second-order valence-electron chi connectivity index (χ2n) is 4.71. The van der Waals surface area contributed by atoms with E-state index in [1.54, 1.807) is 6.92 Å². The van der Waals surface area contributed by atoms with Crippen LogP contribution in [0, 0.1) is 0 Å². The van der Waals surface area contributed by atoms with Gasteiger partial charge in [-0.3, -0.25) is 4.79 Å². The summed E-state index contributed by atoms with van der Waals surface area (Å²) >= 11 is 0. The Hall–Kier alpha value is -0.620.